The molecular formula is C14H14O2. The fourth-order valence-corrected chi connectivity index (χ4v) is 2.47. The van der Waals surface area contributed by atoms with Gasteiger partial charge in [0, 0.05) is 18.4 Å². The van der Waals surface area contributed by atoms with Gasteiger partial charge in [0.1, 0.15) is 5.75 Å². The molecule has 0 atom stereocenters. The normalized spacial score (nSPS) is 19.0. The van der Waals surface area contributed by atoms with Crippen LogP contribution in [0.5, 0.6) is 5.75 Å². The second-order valence-corrected chi connectivity index (χ2v) is 4.38. The topological polar surface area (TPSA) is 26.3 Å². The third-order valence-corrected chi connectivity index (χ3v) is 3.26. The molecule has 0 spiro atoms. The van der Waals surface area contributed by atoms with Crippen LogP contribution in [-0.4, -0.2) is 12.4 Å². The number of hydrogen-bond donors (Lipinski definition) is 0. The molecule has 1 heterocycles. The van der Waals surface area contributed by atoms with Gasteiger partial charge in [-0.25, -0.2) is 0 Å². The highest BCUT2D eigenvalue weighted by atomic mass is 16.5. The lowest BCUT2D eigenvalue weighted by Crippen LogP contribution is -2.03. The summed E-state index contributed by atoms with van der Waals surface area (Å²) >= 11 is 0. The number of ketones is 1. The zero-order chi connectivity index (χ0) is 11.0. The standard InChI is InChI=1S/C14H14O2/c15-12-5-1-4-11(9-12)13-6-2-3-10-7-8-16-14(10)13/h2-3,6,9H,1,4-5,7-8H2. The summed E-state index contributed by atoms with van der Waals surface area (Å²) in [6.45, 7) is 0.771. The Bertz CT molecular complexity index is 472. The van der Waals surface area contributed by atoms with Crippen LogP contribution in [0.15, 0.2) is 24.3 Å². The van der Waals surface area contributed by atoms with Crippen LogP contribution in [0.3, 0.4) is 0 Å². The molecular weight excluding hydrogens is 200 g/mol. The summed E-state index contributed by atoms with van der Waals surface area (Å²) in [5.41, 5.74) is 3.55. The van der Waals surface area contributed by atoms with Gasteiger partial charge in [0.05, 0.1) is 6.61 Å². The van der Waals surface area contributed by atoms with E-state index in [1.54, 1.807) is 6.08 Å². The molecule has 2 aliphatic rings. The molecule has 0 unspecified atom stereocenters. The SMILES string of the molecule is O=C1C=C(c2cccc3c2OCC3)CCC1. The number of ether oxygens (including phenoxy) is 1. The van der Waals surface area contributed by atoms with Crippen LogP contribution in [0, 0.1) is 0 Å². The van der Waals surface area contributed by atoms with E-state index in [1.807, 2.05) is 0 Å². The lowest BCUT2D eigenvalue weighted by molar-refractivity contribution is -0.114. The molecule has 2 heteroatoms. The molecule has 0 N–H and O–H groups in total. The molecule has 0 bridgehead atoms. The second kappa shape index (κ2) is 3.78. The number of benzene rings is 1. The first kappa shape index (κ1) is 9.64. The number of hydrogen-bond acceptors (Lipinski definition) is 2. The van der Waals surface area contributed by atoms with Gasteiger partial charge in [-0.15, -0.1) is 0 Å². The van der Waals surface area contributed by atoms with E-state index in [1.165, 1.54) is 5.56 Å². The van der Waals surface area contributed by atoms with E-state index in [9.17, 15) is 4.79 Å². The monoisotopic (exact) mass is 214 g/mol. The Hall–Kier alpha value is -1.57. The van der Waals surface area contributed by atoms with Gasteiger partial charge in [-0.3, -0.25) is 4.79 Å². The highest BCUT2D eigenvalue weighted by Crippen LogP contribution is 2.37. The van der Waals surface area contributed by atoms with Crippen LogP contribution >= 0.6 is 0 Å². The predicted octanol–water partition coefficient (Wildman–Crippen LogP) is 2.76. The summed E-state index contributed by atoms with van der Waals surface area (Å²) in [6, 6.07) is 6.23. The van der Waals surface area contributed by atoms with Crippen LogP contribution in [-0.2, 0) is 11.2 Å². The third kappa shape index (κ3) is 1.54. The van der Waals surface area contributed by atoms with Gasteiger partial charge in [-0.1, -0.05) is 18.2 Å². The number of allylic oxidation sites excluding steroid dienone is 2. The Morgan fingerprint density at radius 1 is 1.12 bits per heavy atom. The van der Waals surface area contributed by atoms with E-state index in [0.29, 0.717) is 6.42 Å². The van der Waals surface area contributed by atoms with Gasteiger partial charge in [-0.05, 0) is 30.1 Å². The Labute approximate surface area is 94.9 Å². The Morgan fingerprint density at radius 2 is 2.06 bits per heavy atom. The van der Waals surface area contributed by atoms with Gasteiger partial charge < -0.3 is 4.74 Å². The predicted molar refractivity (Wildman–Crippen MR) is 62.5 cm³/mol. The molecule has 1 aromatic carbocycles. The van der Waals surface area contributed by atoms with E-state index in [-0.39, 0.29) is 5.78 Å². The molecule has 82 valence electrons. The second-order valence-electron chi connectivity index (χ2n) is 4.38. The van der Waals surface area contributed by atoms with E-state index < -0.39 is 0 Å². The fraction of sp³-hybridized carbons (Fsp3) is 0.357. The van der Waals surface area contributed by atoms with Gasteiger partial charge in [0.25, 0.3) is 0 Å². The lowest BCUT2D eigenvalue weighted by Gasteiger charge is -2.14. The fourth-order valence-electron chi connectivity index (χ4n) is 2.47. The third-order valence-electron chi connectivity index (χ3n) is 3.26. The Morgan fingerprint density at radius 3 is 2.94 bits per heavy atom. The molecule has 0 radical (unpaired) electrons. The molecule has 0 fully saturated rings. The maximum Gasteiger partial charge on any atom is 0.155 e. The van der Waals surface area contributed by atoms with Gasteiger partial charge in [0.15, 0.2) is 5.78 Å². The van der Waals surface area contributed by atoms with Crippen molar-refractivity contribution in [3.05, 3.63) is 35.4 Å². The number of rotatable bonds is 1. The highest BCUT2D eigenvalue weighted by Gasteiger charge is 2.20. The van der Waals surface area contributed by atoms with Crippen molar-refractivity contribution in [3.8, 4) is 5.75 Å². The Kier molecular flexibility index (Phi) is 2.28. The summed E-state index contributed by atoms with van der Waals surface area (Å²) in [6.07, 6.45) is 5.43. The largest absolute Gasteiger partial charge is 0.492 e. The van der Waals surface area contributed by atoms with Crippen molar-refractivity contribution in [1.29, 1.82) is 0 Å². The Balaban J connectivity index is 2.07. The van der Waals surface area contributed by atoms with Gasteiger partial charge in [-0.2, -0.15) is 0 Å². The number of fused-ring (bicyclic) bond motifs is 1. The van der Waals surface area contributed by atoms with E-state index in [2.05, 4.69) is 18.2 Å². The minimum atomic E-state index is 0.247. The molecule has 1 aromatic rings. The zero-order valence-corrected chi connectivity index (χ0v) is 9.16. The van der Waals surface area contributed by atoms with Crippen LogP contribution in [0.25, 0.3) is 5.57 Å². The van der Waals surface area contributed by atoms with Crippen molar-refractivity contribution < 1.29 is 9.53 Å². The molecule has 16 heavy (non-hydrogen) atoms. The molecule has 1 aliphatic heterocycles. The highest BCUT2D eigenvalue weighted by molar-refractivity contribution is 5.99. The first-order chi connectivity index (χ1) is 7.84. The van der Waals surface area contributed by atoms with Crippen molar-refractivity contribution in [1.82, 2.24) is 0 Å². The maximum absolute atomic E-state index is 11.4. The van der Waals surface area contributed by atoms with E-state index >= 15 is 0 Å². The number of carbonyl (C=O) groups excluding carboxylic acids is 1. The van der Waals surface area contributed by atoms with Gasteiger partial charge in [0.2, 0.25) is 0 Å². The molecule has 0 aromatic heterocycles. The van der Waals surface area contributed by atoms with Crippen molar-refractivity contribution >= 4 is 11.4 Å². The maximum atomic E-state index is 11.4. The van der Waals surface area contributed by atoms with Crippen LogP contribution in [0.1, 0.15) is 30.4 Å². The molecule has 0 amide bonds. The van der Waals surface area contributed by atoms with Crippen LogP contribution in [0.4, 0.5) is 0 Å². The summed E-state index contributed by atoms with van der Waals surface area (Å²) in [5.74, 6) is 1.25. The summed E-state index contributed by atoms with van der Waals surface area (Å²) in [7, 11) is 0. The van der Waals surface area contributed by atoms with Crippen LogP contribution < -0.4 is 4.74 Å². The molecule has 1 aliphatic carbocycles. The summed E-state index contributed by atoms with van der Waals surface area (Å²) < 4.78 is 5.67. The molecule has 2 nitrogen and oxygen atoms in total. The smallest absolute Gasteiger partial charge is 0.155 e. The summed E-state index contributed by atoms with van der Waals surface area (Å²) in [4.78, 5) is 11.4. The van der Waals surface area contributed by atoms with Crippen molar-refractivity contribution in [2.75, 3.05) is 6.61 Å². The van der Waals surface area contributed by atoms with Crippen LogP contribution in [0.2, 0.25) is 0 Å². The first-order valence-corrected chi connectivity index (χ1v) is 5.83. The number of carbonyl (C=O) groups is 1. The lowest BCUT2D eigenvalue weighted by atomic mass is 9.91. The minimum Gasteiger partial charge on any atom is -0.492 e. The average molecular weight is 214 g/mol. The molecule has 0 saturated carbocycles. The van der Waals surface area contributed by atoms with Crippen molar-refractivity contribution in [3.63, 3.8) is 0 Å². The minimum absolute atomic E-state index is 0.247. The van der Waals surface area contributed by atoms with E-state index in [0.717, 1.165) is 42.8 Å². The molecule has 0 saturated heterocycles. The van der Waals surface area contributed by atoms with Gasteiger partial charge >= 0.3 is 0 Å². The van der Waals surface area contributed by atoms with E-state index in [4.69, 9.17) is 4.74 Å². The van der Waals surface area contributed by atoms with Crippen molar-refractivity contribution in [2.24, 2.45) is 0 Å². The quantitative estimate of drug-likeness (QED) is 0.718. The molecule has 3 rings (SSSR count). The number of para-hydroxylation sites is 1. The van der Waals surface area contributed by atoms with Crippen molar-refractivity contribution in [2.45, 2.75) is 25.7 Å². The zero-order valence-electron chi connectivity index (χ0n) is 9.16. The average Bonchev–Trinajstić information content (AvgIpc) is 2.76. The summed E-state index contributed by atoms with van der Waals surface area (Å²) in [5, 5.41) is 0. The first-order valence-electron chi connectivity index (χ1n) is 5.83.